The lowest BCUT2D eigenvalue weighted by Gasteiger charge is -2.38. The Labute approximate surface area is 123 Å². The molecule has 2 aliphatic rings. The molecule has 0 aromatic carbocycles. The van der Waals surface area contributed by atoms with Crippen molar-refractivity contribution in [2.75, 3.05) is 52.4 Å². The smallest absolute Gasteiger partial charge is 0.234 e. The van der Waals surface area contributed by atoms with Crippen LogP contribution in [0.4, 0.5) is 0 Å². The van der Waals surface area contributed by atoms with Gasteiger partial charge in [-0.25, -0.2) is 0 Å². The fraction of sp³-hybridized carbons (Fsp3) is 0.933. The molecule has 1 amide bonds. The molecule has 5 nitrogen and oxygen atoms in total. The summed E-state index contributed by atoms with van der Waals surface area (Å²) in [5, 5.41) is 6.43. The van der Waals surface area contributed by atoms with Gasteiger partial charge in [0, 0.05) is 45.3 Å². The second-order valence-electron chi connectivity index (χ2n) is 7.01. The monoisotopic (exact) mass is 282 g/mol. The lowest BCUT2D eigenvalue weighted by Crippen LogP contribution is -2.52. The summed E-state index contributed by atoms with van der Waals surface area (Å²) < 4.78 is 0. The zero-order valence-electron chi connectivity index (χ0n) is 13.2. The van der Waals surface area contributed by atoms with Gasteiger partial charge in [0.25, 0.3) is 0 Å². The molecule has 5 heteroatoms. The van der Waals surface area contributed by atoms with Crippen molar-refractivity contribution >= 4 is 5.91 Å². The normalized spacial score (nSPS) is 29.0. The fourth-order valence-electron chi connectivity index (χ4n) is 3.22. The van der Waals surface area contributed by atoms with Crippen LogP contribution in [0.25, 0.3) is 0 Å². The first kappa shape index (κ1) is 15.7. The molecule has 1 unspecified atom stereocenters. The minimum Gasteiger partial charge on any atom is -0.353 e. The Morgan fingerprint density at radius 1 is 1.25 bits per heavy atom. The molecule has 116 valence electrons. The zero-order chi connectivity index (χ0) is 14.6. The summed E-state index contributed by atoms with van der Waals surface area (Å²) in [4.78, 5) is 16.6. The van der Waals surface area contributed by atoms with Crippen LogP contribution in [0.5, 0.6) is 0 Å². The number of nitrogens with zero attached hydrogens (tertiary/aromatic N) is 2. The van der Waals surface area contributed by atoms with Crippen molar-refractivity contribution in [3.8, 4) is 0 Å². The highest BCUT2D eigenvalue weighted by Gasteiger charge is 2.31. The third-order valence-corrected chi connectivity index (χ3v) is 4.34. The van der Waals surface area contributed by atoms with Gasteiger partial charge in [-0.05, 0) is 32.2 Å². The standard InChI is InChI=1S/C15H30N4O/c1-13(2)17-14(20)10-18-6-8-19(9-7-18)12-15(3)4-5-16-11-15/h13,16H,4-12H2,1-3H3,(H,17,20). The van der Waals surface area contributed by atoms with Crippen molar-refractivity contribution < 1.29 is 4.79 Å². The highest BCUT2D eigenvalue weighted by Crippen LogP contribution is 2.26. The molecule has 0 aromatic rings. The van der Waals surface area contributed by atoms with Crippen molar-refractivity contribution in [2.24, 2.45) is 5.41 Å². The number of hydrogen-bond donors (Lipinski definition) is 2. The van der Waals surface area contributed by atoms with E-state index in [-0.39, 0.29) is 11.9 Å². The molecule has 0 radical (unpaired) electrons. The van der Waals surface area contributed by atoms with Crippen molar-refractivity contribution in [3.63, 3.8) is 0 Å². The molecule has 0 spiro atoms. The minimum atomic E-state index is 0.153. The van der Waals surface area contributed by atoms with Gasteiger partial charge in [0.2, 0.25) is 5.91 Å². The number of hydrogen-bond acceptors (Lipinski definition) is 4. The van der Waals surface area contributed by atoms with Gasteiger partial charge < -0.3 is 15.5 Å². The Morgan fingerprint density at radius 3 is 2.45 bits per heavy atom. The van der Waals surface area contributed by atoms with Gasteiger partial charge in [-0.3, -0.25) is 9.69 Å². The fourth-order valence-corrected chi connectivity index (χ4v) is 3.22. The quantitative estimate of drug-likeness (QED) is 0.752. The summed E-state index contributed by atoms with van der Waals surface area (Å²) in [5.74, 6) is 0.153. The Kier molecular flexibility index (Phi) is 5.41. The molecule has 2 aliphatic heterocycles. The SMILES string of the molecule is CC(C)NC(=O)CN1CCN(CC2(C)CCNC2)CC1. The molecular formula is C15H30N4O. The van der Waals surface area contributed by atoms with E-state index in [1.807, 2.05) is 13.8 Å². The molecule has 2 N–H and O–H groups in total. The summed E-state index contributed by atoms with van der Waals surface area (Å²) in [5.41, 5.74) is 0.442. The summed E-state index contributed by atoms with van der Waals surface area (Å²) in [6.07, 6.45) is 1.28. The first-order valence-electron chi connectivity index (χ1n) is 7.92. The van der Waals surface area contributed by atoms with E-state index >= 15 is 0 Å². The molecule has 2 fully saturated rings. The van der Waals surface area contributed by atoms with E-state index in [0.717, 1.165) is 39.3 Å². The van der Waals surface area contributed by atoms with E-state index in [2.05, 4.69) is 27.4 Å². The molecule has 2 heterocycles. The molecule has 20 heavy (non-hydrogen) atoms. The predicted octanol–water partition coefficient (Wildman–Crippen LogP) is 0.128. The molecule has 1 atom stereocenters. The molecular weight excluding hydrogens is 252 g/mol. The highest BCUT2D eigenvalue weighted by molar-refractivity contribution is 5.78. The van der Waals surface area contributed by atoms with E-state index < -0.39 is 0 Å². The minimum absolute atomic E-state index is 0.153. The van der Waals surface area contributed by atoms with Gasteiger partial charge in [0.15, 0.2) is 0 Å². The van der Waals surface area contributed by atoms with Gasteiger partial charge in [-0.1, -0.05) is 6.92 Å². The summed E-state index contributed by atoms with van der Waals surface area (Å²) in [6, 6.07) is 0.235. The molecule has 2 saturated heterocycles. The Balaban J connectivity index is 1.68. The predicted molar refractivity (Wildman–Crippen MR) is 81.8 cm³/mol. The van der Waals surface area contributed by atoms with E-state index in [4.69, 9.17) is 0 Å². The Bertz CT molecular complexity index is 318. The van der Waals surface area contributed by atoms with Crippen molar-refractivity contribution in [1.29, 1.82) is 0 Å². The first-order valence-corrected chi connectivity index (χ1v) is 7.92. The maximum Gasteiger partial charge on any atom is 0.234 e. The number of amides is 1. The van der Waals surface area contributed by atoms with Crippen molar-refractivity contribution in [1.82, 2.24) is 20.4 Å². The summed E-state index contributed by atoms with van der Waals surface area (Å²) >= 11 is 0. The average Bonchev–Trinajstić information content (AvgIpc) is 2.77. The largest absolute Gasteiger partial charge is 0.353 e. The Morgan fingerprint density at radius 2 is 1.90 bits per heavy atom. The Hall–Kier alpha value is -0.650. The van der Waals surface area contributed by atoms with Crippen LogP contribution in [-0.2, 0) is 4.79 Å². The van der Waals surface area contributed by atoms with Crippen LogP contribution in [0.1, 0.15) is 27.2 Å². The summed E-state index contributed by atoms with van der Waals surface area (Å²) in [6.45, 7) is 14.6. The van der Waals surface area contributed by atoms with Gasteiger partial charge in [0.1, 0.15) is 0 Å². The van der Waals surface area contributed by atoms with Crippen LogP contribution in [-0.4, -0.2) is 74.1 Å². The number of piperazine rings is 1. The van der Waals surface area contributed by atoms with Crippen LogP contribution >= 0.6 is 0 Å². The lowest BCUT2D eigenvalue weighted by atomic mass is 9.89. The first-order chi connectivity index (χ1) is 9.47. The summed E-state index contributed by atoms with van der Waals surface area (Å²) in [7, 11) is 0. The molecule has 2 rings (SSSR count). The highest BCUT2D eigenvalue weighted by atomic mass is 16.2. The van der Waals surface area contributed by atoms with Crippen molar-refractivity contribution in [3.05, 3.63) is 0 Å². The lowest BCUT2D eigenvalue weighted by molar-refractivity contribution is -0.123. The number of carbonyl (C=O) groups is 1. The molecule has 0 aromatic heterocycles. The van der Waals surface area contributed by atoms with E-state index in [1.54, 1.807) is 0 Å². The molecule has 0 saturated carbocycles. The van der Waals surface area contributed by atoms with E-state index in [1.165, 1.54) is 13.0 Å². The van der Waals surface area contributed by atoms with Crippen LogP contribution in [0.3, 0.4) is 0 Å². The van der Waals surface area contributed by atoms with Crippen LogP contribution in [0.15, 0.2) is 0 Å². The number of carbonyl (C=O) groups excluding carboxylic acids is 1. The van der Waals surface area contributed by atoms with Crippen molar-refractivity contribution in [2.45, 2.75) is 33.2 Å². The van der Waals surface area contributed by atoms with Gasteiger partial charge in [-0.15, -0.1) is 0 Å². The average molecular weight is 282 g/mol. The molecule has 0 bridgehead atoms. The third kappa shape index (κ3) is 4.72. The topological polar surface area (TPSA) is 47.6 Å². The second kappa shape index (κ2) is 6.87. The van der Waals surface area contributed by atoms with Gasteiger partial charge >= 0.3 is 0 Å². The maximum atomic E-state index is 11.8. The number of rotatable bonds is 5. The van der Waals surface area contributed by atoms with E-state index in [0.29, 0.717) is 12.0 Å². The van der Waals surface area contributed by atoms with Crippen LogP contribution in [0.2, 0.25) is 0 Å². The maximum absolute atomic E-state index is 11.8. The van der Waals surface area contributed by atoms with Crippen LogP contribution in [0, 0.1) is 5.41 Å². The third-order valence-electron chi connectivity index (χ3n) is 4.34. The van der Waals surface area contributed by atoms with Gasteiger partial charge in [0.05, 0.1) is 6.54 Å². The van der Waals surface area contributed by atoms with Gasteiger partial charge in [-0.2, -0.15) is 0 Å². The van der Waals surface area contributed by atoms with E-state index in [9.17, 15) is 4.79 Å². The molecule has 0 aliphatic carbocycles. The second-order valence-corrected chi connectivity index (χ2v) is 7.01. The number of nitrogens with one attached hydrogen (secondary N) is 2. The zero-order valence-corrected chi connectivity index (χ0v) is 13.2. The van der Waals surface area contributed by atoms with Crippen LogP contribution < -0.4 is 10.6 Å².